The Kier molecular flexibility index (Phi) is 5.86. The minimum absolute atomic E-state index is 0.0442. The first-order valence-corrected chi connectivity index (χ1v) is 5.94. The van der Waals surface area contributed by atoms with Gasteiger partial charge in [-0.15, -0.1) is 0 Å². The number of nitrogens with one attached hydrogen (secondary N) is 1. The Balaban J connectivity index is 2.15. The summed E-state index contributed by atoms with van der Waals surface area (Å²) in [5.41, 5.74) is 0. The molecule has 1 rings (SSSR count). The number of rotatable bonds is 5. The molecule has 1 heterocycles. The van der Waals surface area contributed by atoms with E-state index in [0.29, 0.717) is 6.04 Å². The second-order valence-electron chi connectivity index (χ2n) is 4.15. The Morgan fingerprint density at radius 2 is 2.19 bits per heavy atom. The molecule has 2 atom stereocenters. The Hall–Kier alpha value is -1.09. The van der Waals surface area contributed by atoms with Crippen molar-refractivity contribution in [1.29, 1.82) is 0 Å². The minimum Gasteiger partial charge on any atom is -0.458 e. The molecule has 1 N–H and O–H groups in total. The molecule has 1 aliphatic rings. The summed E-state index contributed by atoms with van der Waals surface area (Å²) in [6.45, 7) is 4.87. The standard InChI is InChI=1S/C13H21NO2/c1-3-4-5-6-7-8-13(15)16-12-9-11(2)14-10-12/h3-4,7-8,11-12,14H,5-6,9-10H2,1-2H3/t11-,12?/m0/s1. The van der Waals surface area contributed by atoms with Gasteiger partial charge in [-0.3, -0.25) is 0 Å². The fourth-order valence-electron chi connectivity index (χ4n) is 1.73. The van der Waals surface area contributed by atoms with Crippen molar-refractivity contribution in [3.63, 3.8) is 0 Å². The van der Waals surface area contributed by atoms with Crippen molar-refractivity contribution < 1.29 is 9.53 Å². The summed E-state index contributed by atoms with van der Waals surface area (Å²) in [7, 11) is 0. The number of unbranched alkanes of at least 4 members (excludes halogenated alkanes) is 1. The van der Waals surface area contributed by atoms with Gasteiger partial charge in [0, 0.05) is 25.1 Å². The van der Waals surface area contributed by atoms with Crippen LogP contribution in [0.4, 0.5) is 0 Å². The van der Waals surface area contributed by atoms with Crippen molar-refractivity contribution in [2.45, 2.75) is 45.3 Å². The zero-order valence-corrected chi connectivity index (χ0v) is 10.1. The van der Waals surface area contributed by atoms with Crippen LogP contribution in [0.1, 0.15) is 33.1 Å². The first-order chi connectivity index (χ1) is 7.72. The second kappa shape index (κ2) is 7.23. The summed E-state index contributed by atoms with van der Waals surface area (Å²) >= 11 is 0. The van der Waals surface area contributed by atoms with E-state index in [4.69, 9.17) is 4.74 Å². The lowest BCUT2D eigenvalue weighted by Crippen LogP contribution is -2.20. The highest BCUT2D eigenvalue weighted by molar-refractivity contribution is 5.82. The second-order valence-corrected chi connectivity index (χ2v) is 4.15. The largest absolute Gasteiger partial charge is 0.458 e. The van der Waals surface area contributed by atoms with Crippen LogP contribution in [0.2, 0.25) is 0 Å². The van der Waals surface area contributed by atoms with E-state index in [1.54, 1.807) is 0 Å². The topological polar surface area (TPSA) is 38.3 Å². The number of hydrogen-bond donors (Lipinski definition) is 1. The molecule has 90 valence electrons. The van der Waals surface area contributed by atoms with E-state index < -0.39 is 0 Å². The molecule has 0 spiro atoms. The fourth-order valence-corrected chi connectivity index (χ4v) is 1.73. The maximum atomic E-state index is 11.4. The summed E-state index contributed by atoms with van der Waals surface area (Å²) < 4.78 is 5.28. The van der Waals surface area contributed by atoms with Gasteiger partial charge in [-0.25, -0.2) is 4.79 Å². The van der Waals surface area contributed by atoms with Crippen LogP contribution < -0.4 is 5.32 Å². The third kappa shape index (κ3) is 5.12. The maximum Gasteiger partial charge on any atom is 0.330 e. The van der Waals surface area contributed by atoms with Crippen LogP contribution >= 0.6 is 0 Å². The van der Waals surface area contributed by atoms with Gasteiger partial charge in [-0.1, -0.05) is 18.2 Å². The highest BCUT2D eigenvalue weighted by atomic mass is 16.5. The van der Waals surface area contributed by atoms with E-state index in [1.165, 1.54) is 6.08 Å². The molecule has 3 heteroatoms. The molecule has 1 unspecified atom stereocenters. The summed E-state index contributed by atoms with van der Waals surface area (Å²) in [5, 5.41) is 3.25. The smallest absolute Gasteiger partial charge is 0.330 e. The van der Waals surface area contributed by atoms with Gasteiger partial charge in [0.2, 0.25) is 0 Å². The molecule has 0 aromatic rings. The van der Waals surface area contributed by atoms with E-state index in [9.17, 15) is 4.79 Å². The molecule has 0 radical (unpaired) electrons. The van der Waals surface area contributed by atoms with Crippen molar-refractivity contribution in [3.05, 3.63) is 24.3 Å². The highest BCUT2D eigenvalue weighted by Crippen LogP contribution is 2.09. The molecular formula is C13H21NO2. The van der Waals surface area contributed by atoms with Crippen LogP contribution in [0.25, 0.3) is 0 Å². The lowest BCUT2D eigenvalue weighted by atomic mass is 10.2. The van der Waals surface area contributed by atoms with Crippen LogP contribution in [-0.4, -0.2) is 24.7 Å². The summed E-state index contributed by atoms with van der Waals surface area (Å²) in [4.78, 5) is 11.4. The Bertz CT molecular complexity index is 271. The zero-order valence-electron chi connectivity index (χ0n) is 10.1. The molecule has 0 aliphatic carbocycles. The molecule has 0 bridgehead atoms. The van der Waals surface area contributed by atoms with Crippen molar-refractivity contribution in [1.82, 2.24) is 5.32 Å². The third-order valence-corrected chi connectivity index (χ3v) is 2.58. The van der Waals surface area contributed by atoms with Crippen LogP contribution in [0, 0.1) is 0 Å². The Morgan fingerprint density at radius 1 is 1.44 bits per heavy atom. The molecule has 0 saturated carbocycles. The van der Waals surface area contributed by atoms with E-state index >= 15 is 0 Å². The first-order valence-electron chi connectivity index (χ1n) is 5.94. The zero-order chi connectivity index (χ0) is 11.8. The average molecular weight is 223 g/mol. The van der Waals surface area contributed by atoms with Gasteiger partial charge in [0.05, 0.1) is 0 Å². The van der Waals surface area contributed by atoms with Gasteiger partial charge in [0.25, 0.3) is 0 Å². The van der Waals surface area contributed by atoms with Gasteiger partial charge < -0.3 is 10.1 Å². The number of carbonyl (C=O) groups is 1. The number of hydrogen-bond acceptors (Lipinski definition) is 3. The van der Waals surface area contributed by atoms with Crippen molar-refractivity contribution in [3.8, 4) is 0 Å². The van der Waals surface area contributed by atoms with E-state index in [2.05, 4.69) is 18.3 Å². The molecular weight excluding hydrogens is 202 g/mol. The highest BCUT2D eigenvalue weighted by Gasteiger charge is 2.22. The molecule has 3 nitrogen and oxygen atoms in total. The van der Waals surface area contributed by atoms with Crippen LogP contribution in [0.5, 0.6) is 0 Å². The van der Waals surface area contributed by atoms with Gasteiger partial charge in [-0.2, -0.15) is 0 Å². The molecule has 16 heavy (non-hydrogen) atoms. The van der Waals surface area contributed by atoms with Gasteiger partial charge in [0.1, 0.15) is 6.10 Å². The number of allylic oxidation sites excluding steroid dienone is 3. The monoisotopic (exact) mass is 223 g/mol. The van der Waals surface area contributed by atoms with Gasteiger partial charge >= 0.3 is 5.97 Å². The van der Waals surface area contributed by atoms with E-state index in [1.807, 2.05) is 19.1 Å². The summed E-state index contributed by atoms with van der Waals surface area (Å²) in [5.74, 6) is -0.221. The van der Waals surface area contributed by atoms with E-state index in [-0.39, 0.29) is 12.1 Å². The minimum atomic E-state index is -0.221. The molecule has 1 aliphatic heterocycles. The molecule has 0 amide bonds. The van der Waals surface area contributed by atoms with Crippen LogP contribution in [0.3, 0.4) is 0 Å². The van der Waals surface area contributed by atoms with Gasteiger partial charge in [0.15, 0.2) is 0 Å². The van der Waals surface area contributed by atoms with Crippen LogP contribution in [0.15, 0.2) is 24.3 Å². The molecule has 1 fully saturated rings. The lowest BCUT2D eigenvalue weighted by Gasteiger charge is -2.08. The van der Waals surface area contributed by atoms with Crippen molar-refractivity contribution in [2.75, 3.05) is 6.54 Å². The van der Waals surface area contributed by atoms with Crippen molar-refractivity contribution >= 4 is 5.97 Å². The number of ether oxygens (including phenoxy) is 1. The molecule has 1 saturated heterocycles. The Morgan fingerprint density at radius 3 is 2.81 bits per heavy atom. The molecule has 0 aromatic carbocycles. The number of esters is 1. The fraction of sp³-hybridized carbons (Fsp3) is 0.615. The predicted octanol–water partition coefficient (Wildman–Crippen LogP) is 2.19. The lowest BCUT2D eigenvalue weighted by molar-refractivity contribution is -0.142. The normalized spacial score (nSPS) is 25.6. The predicted molar refractivity (Wildman–Crippen MR) is 65.1 cm³/mol. The number of carbonyl (C=O) groups excluding carboxylic acids is 1. The summed E-state index contributed by atoms with van der Waals surface area (Å²) in [6.07, 6.45) is 10.3. The van der Waals surface area contributed by atoms with E-state index in [0.717, 1.165) is 25.8 Å². The quantitative estimate of drug-likeness (QED) is 0.336. The maximum absolute atomic E-state index is 11.4. The average Bonchev–Trinajstić information content (AvgIpc) is 2.63. The summed E-state index contributed by atoms with van der Waals surface area (Å²) in [6, 6.07) is 0.455. The Labute approximate surface area is 97.6 Å². The van der Waals surface area contributed by atoms with Crippen LogP contribution in [-0.2, 0) is 9.53 Å². The first kappa shape index (κ1) is 13.0. The SMILES string of the molecule is CC=CCCC=CC(=O)OC1CN[C@@H](C)C1. The third-order valence-electron chi connectivity index (χ3n) is 2.58. The molecule has 0 aromatic heterocycles. The van der Waals surface area contributed by atoms with Gasteiger partial charge in [-0.05, 0) is 26.7 Å². The van der Waals surface area contributed by atoms with Crippen molar-refractivity contribution in [2.24, 2.45) is 0 Å².